The SMILES string of the molecule is COc1cc(C)c(S(=O)(=O)N(C)CCC(=O)Cc2ccc(N3CCC(N4CCCCC4)CC3)cc2)c(C)c1.COc1cc(C)c(S(=O)(=O)N(C)CCOC=O)c(C)c1.Nc1ccc(N2CCC(N3CCCCC3)CC2)cc1.O=CC(F)(F)F. The molecule has 0 spiro atoms. The van der Waals surface area contributed by atoms with Crippen LogP contribution in [0.5, 0.6) is 11.5 Å². The molecular weight excluding hydrogens is 1110 g/mol. The first-order valence-corrected chi connectivity index (χ1v) is 31.6. The van der Waals surface area contributed by atoms with Crippen molar-refractivity contribution < 1.29 is 58.6 Å². The van der Waals surface area contributed by atoms with Gasteiger partial charge in [-0.2, -0.15) is 17.5 Å². The van der Waals surface area contributed by atoms with Crippen molar-refractivity contribution in [2.75, 3.05) is 116 Å². The first-order chi connectivity index (χ1) is 39.4. The fourth-order valence-corrected chi connectivity index (χ4v) is 14.4. The van der Waals surface area contributed by atoms with Gasteiger partial charge in [0.05, 0.1) is 24.0 Å². The lowest BCUT2D eigenvalue weighted by atomic mass is 9.99. The number of ketones is 1. The van der Waals surface area contributed by atoms with Gasteiger partial charge < -0.3 is 39.5 Å². The number of aldehydes is 1. The Morgan fingerprint density at radius 2 is 0.964 bits per heavy atom. The molecule has 2 N–H and O–H groups in total. The van der Waals surface area contributed by atoms with Crippen LogP contribution in [-0.4, -0.2) is 172 Å². The number of piperidine rings is 4. The highest BCUT2D eigenvalue weighted by Crippen LogP contribution is 2.31. The number of nitrogens with two attached hydrogens (primary N) is 1. The second-order valence-electron chi connectivity index (χ2n) is 21.8. The Kier molecular flexibility index (Phi) is 26.6. The summed E-state index contributed by atoms with van der Waals surface area (Å²) in [5, 5.41) is 0. The van der Waals surface area contributed by atoms with E-state index in [1.165, 1.54) is 140 Å². The molecule has 0 bridgehead atoms. The number of benzene rings is 4. The molecule has 4 aliphatic rings. The van der Waals surface area contributed by atoms with Crippen LogP contribution in [0.1, 0.15) is 98.4 Å². The quantitative estimate of drug-likeness (QED) is 0.0530. The normalized spacial score (nSPS) is 16.8. The van der Waals surface area contributed by atoms with Crippen LogP contribution < -0.4 is 25.0 Å². The minimum absolute atomic E-state index is 0.0213. The lowest BCUT2D eigenvalue weighted by Gasteiger charge is -2.41. The molecule has 0 radical (unpaired) electrons. The van der Waals surface area contributed by atoms with Gasteiger partial charge in [-0.1, -0.05) is 25.0 Å². The fourth-order valence-electron chi connectivity index (χ4n) is 11.3. The molecule has 4 heterocycles. The summed E-state index contributed by atoms with van der Waals surface area (Å²) in [5.41, 5.74) is 12.6. The van der Waals surface area contributed by atoms with Gasteiger partial charge in [0.2, 0.25) is 26.3 Å². The third-order valence-corrected chi connectivity index (χ3v) is 20.1. The van der Waals surface area contributed by atoms with E-state index < -0.39 is 32.5 Å². The van der Waals surface area contributed by atoms with Gasteiger partial charge in [-0.25, -0.2) is 21.1 Å². The van der Waals surface area contributed by atoms with Crippen molar-refractivity contribution in [2.24, 2.45) is 0 Å². The third kappa shape index (κ3) is 20.5. The third-order valence-electron chi connectivity index (χ3n) is 15.8. The molecule has 22 heteroatoms. The lowest BCUT2D eigenvalue weighted by Crippen LogP contribution is -2.46. The van der Waals surface area contributed by atoms with Crippen LogP contribution in [0.25, 0.3) is 0 Å². The van der Waals surface area contributed by atoms with E-state index in [1.54, 1.807) is 59.1 Å². The molecular formula is C61H88F3N7O10S2. The Labute approximate surface area is 491 Å². The van der Waals surface area contributed by atoms with Crippen molar-refractivity contribution in [1.29, 1.82) is 0 Å². The summed E-state index contributed by atoms with van der Waals surface area (Å²) in [7, 11) is -1.25. The summed E-state index contributed by atoms with van der Waals surface area (Å²) < 4.78 is 100. The van der Waals surface area contributed by atoms with E-state index in [4.69, 9.17) is 20.0 Å². The minimum atomic E-state index is -4.64. The summed E-state index contributed by atoms with van der Waals surface area (Å²) in [4.78, 5) is 42.4. The number of carbonyl (C=O) groups excluding carboxylic acids is 3. The standard InChI is InChI=1S/C30H43N3O4S.C16H25N3.C13H19NO5S.C2HF3O/c1-23-20-29(37-4)21-24(2)30(23)38(35,36)31(3)17-14-28(34)22-25-8-10-26(11-9-25)33-18-12-27(13-19-33)32-15-6-5-7-16-32;17-14-4-6-15(7-5-14)19-12-8-16(9-13-19)18-10-2-1-3-11-18;1-10-7-12(18-4)8-11(2)13(10)20(16,17)14(3)5-6-19-9-15;3-2(4,5)1-6/h8-11,20-21,27H,5-7,12-19,22H2,1-4H3;4-7,16H,1-3,8-13,17H2;7-9H,5-6H2,1-4H3;1H. The molecule has 0 unspecified atom stereocenters. The van der Waals surface area contributed by atoms with Crippen LogP contribution in [0.15, 0.2) is 82.6 Å². The number of alkyl halides is 3. The molecule has 4 aromatic carbocycles. The highest BCUT2D eigenvalue weighted by molar-refractivity contribution is 7.89. The summed E-state index contributed by atoms with van der Waals surface area (Å²) in [5.74, 6) is 1.28. The molecule has 83 heavy (non-hydrogen) atoms. The summed E-state index contributed by atoms with van der Waals surface area (Å²) in [6.45, 7) is 17.2. The van der Waals surface area contributed by atoms with E-state index >= 15 is 0 Å². The highest BCUT2D eigenvalue weighted by atomic mass is 32.2. The molecule has 0 amide bonds. The maximum atomic E-state index is 13.2. The predicted molar refractivity (Wildman–Crippen MR) is 321 cm³/mol. The second-order valence-corrected chi connectivity index (χ2v) is 25.8. The molecule has 17 nitrogen and oxygen atoms in total. The van der Waals surface area contributed by atoms with E-state index in [0.717, 1.165) is 40.7 Å². The number of nitrogen functional groups attached to an aromatic ring is 1. The van der Waals surface area contributed by atoms with Crippen molar-refractivity contribution in [3.8, 4) is 11.5 Å². The van der Waals surface area contributed by atoms with Crippen LogP contribution in [0.3, 0.4) is 0 Å². The molecule has 4 aromatic rings. The van der Waals surface area contributed by atoms with E-state index in [0.29, 0.717) is 46.6 Å². The molecule has 0 saturated carbocycles. The van der Waals surface area contributed by atoms with E-state index in [9.17, 15) is 39.6 Å². The van der Waals surface area contributed by atoms with Gasteiger partial charge >= 0.3 is 6.18 Å². The molecule has 4 fully saturated rings. The van der Waals surface area contributed by atoms with Gasteiger partial charge in [0, 0.05) is 95.4 Å². The Bertz CT molecular complexity index is 2860. The van der Waals surface area contributed by atoms with E-state index in [1.807, 2.05) is 24.3 Å². The first kappa shape index (κ1) is 68.0. The maximum Gasteiger partial charge on any atom is 0.446 e. The van der Waals surface area contributed by atoms with Crippen molar-refractivity contribution in [2.45, 2.75) is 133 Å². The van der Waals surface area contributed by atoms with Crippen LogP contribution in [0, 0.1) is 27.7 Å². The number of likely N-dealkylation sites (tertiary alicyclic amines) is 2. The largest absolute Gasteiger partial charge is 0.497 e. The number of nitrogens with zero attached hydrogens (tertiary/aromatic N) is 6. The number of carbonyl (C=O) groups is 3. The minimum Gasteiger partial charge on any atom is -0.497 e. The van der Waals surface area contributed by atoms with E-state index in [2.05, 4.69) is 48.6 Å². The zero-order valence-electron chi connectivity index (χ0n) is 49.8. The number of hydrogen-bond acceptors (Lipinski definition) is 15. The molecule has 0 atom stereocenters. The Morgan fingerprint density at radius 3 is 1.31 bits per heavy atom. The molecule has 0 aromatic heterocycles. The van der Waals surface area contributed by atoms with Gasteiger partial charge in [0.1, 0.15) is 23.9 Å². The number of sulfonamides is 2. The van der Waals surface area contributed by atoms with Crippen molar-refractivity contribution in [3.05, 3.63) is 101 Å². The Hall–Kier alpha value is -5.78. The van der Waals surface area contributed by atoms with Gasteiger partial charge in [-0.15, -0.1) is 0 Å². The van der Waals surface area contributed by atoms with Gasteiger partial charge in [-0.3, -0.25) is 14.4 Å². The predicted octanol–water partition coefficient (Wildman–Crippen LogP) is 9.17. The van der Waals surface area contributed by atoms with Gasteiger partial charge in [-0.05, 0) is 194 Å². The number of anilines is 3. The van der Waals surface area contributed by atoms with Gasteiger partial charge in [0.25, 0.3) is 6.47 Å². The number of hydrogen-bond donors (Lipinski definition) is 1. The smallest absolute Gasteiger partial charge is 0.446 e. The molecule has 8 rings (SSSR count). The van der Waals surface area contributed by atoms with Crippen LogP contribution in [0.2, 0.25) is 0 Å². The zero-order valence-corrected chi connectivity index (χ0v) is 51.4. The first-order valence-electron chi connectivity index (χ1n) is 28.7. The molecule has 0 aliphatic carbocycles. The van der Waals surface area contributed by atoms with Crippen molar-refractivity contribution >= 4 is 55.7 Å². The topological polar surface area (TPSA) is 193 Å². The van der Waals surface area contributed by atoms with E-state index in [-0.39, 0.29) is 41.7 Å². The van der Waals surface area contributed by atoms with Crippen LogP contribution >= 0.6 is 0 Å². The Morgan fingerprint density at radius 1 is 0.602 bits per heavy atom. The average molecular weight is 1200 g/mol. The van der Waals surface area contributed by atoms with Crippen molar-refractivity contribution in [1.82, 2.24) is 18.4 Å². The second kappa shape index (κ2) is 32.5. The highest BCUT2D eigenvalue weighted by Gasteiger charge is 2.30. The monoisotopic (exact) mass is 1200 g/mol. The molecule has 4 saturated heterocycles. The molecule has 460 valence electrons. The number of halogens is 3. The van der Waals surface area contributed by atoms with Crippen LogP contribution in [-0.2, 0) is 45.6 Å². The number of likely N-dealkylation sites (N-methyl/N-ethyl adjacent to an activating group) is 1. The van der Waals surface area contributed by atoms with Crippen molar-refractivity contribution in [3.63, 3.8) is 0 Å². The Balaban J connectivity index is 0.000000235. The number of aryl methyl sites for hydroxylation is 4. The number of methoxy groups -OCH3 is 2. The fraction of sp³-hybridized carbons (Fsp3) is 0.557. The van der Waals surface area contributed by atoms with Crippen LogP contribution in [0.4, 0.5) is 30.2 Å². The van der Waals surface area contributed by atoms with Gasteiger partial charge in [0.15, 0.2) is 0 Å². The summed E-state index contributed by atoms with van der Waals surface area (Å²) in [6, 6.07) is 25.0. The molecule has 4 aliphatic heterocycles. The maximum absolute atomic E-state index is 13.2. The zero-order chi connectivity index (χ0) is 60.9. The summed E-state index contributed by atoms with van der Waals surface area (Å²) in [6.07, 6.45) is 8.13. The lowest BCUT2D eigenvalue weighted by molar-refractivity contribution is -0.156. The number of rotatable bonds is 19. The average Bonchev–Trinajstić information content (AvgIpc) is 3.67. The number of Topliss-reactive ketones (excluding diaryl/α,β-unsaturated/α-hetero) is 1. The number of ether oxygens (including phenoxy) is 3. The summed E-state index contributed by atoms with van der Waals surface area (Å²) >= 11 is 0.